The third-order valence-corrected chi connectivity index (χ3v) is 3.52. The molecule has 5 heteroatoms. The van der Waals surface area contributed by atoms with Gasteiger partial charge in [0.05, 0.1) is 24.7 Å². The quantitative estimate of drug-likeness (QED) is 0.759. The van der Waals surface area contributed by atoms with E-state index < -0.39 is 0 Å². The molecule has 0 amide bonds. The molecule has 1 aromatic heterocycles. The number of benzene rings is 2. The summed E-state index contributed by atoms with van der Waals surface area (Å²) >= 11 is 0. The van der Waals surface area contributed by atoms with E-state index >= 15 is 0 Å². The topological polar surface area (TPSA) is 48.3 Å². The van der Waals surface area contributed by atoms with Crippen LogP contribution in [0.25, 0.3) is 11.0 Å². The van der Waals surface area contributed by atoms with E-state index in [9.17, 15) is 0 Å². The van der Waals surface area contributed by atoms with Gasteiger partial charge in [0.2, 0.25) is 5.95 Å². The normalized spacial score (nSPS) is 10.6. The molecule has 0 radical (unpaired) electrons. The predicted octanol–water partition coefficient (Wildman–Crippen LogP) is 3.17. The molecule has 0 saturated carbocycles. The third kappa shape index (κ3) is 2.83. The Balaban J connectivity index is 1.70. The molecular formula is C17H19N3O2. The lowest BCUT2D eigenvalue weighted by atomic mass is 10.3. The second kappa shape index (κ2) is 6.39. The average Bonchev–Trinajstić information content (AvgIpc) is 2.93. The average molecular weight is 297 g/mol. The number of hydrogen-bond donors (Lipinski definition) is 1. The highest BCUT2D eigenvalue weighted by molar-refractivity contribution is 5.78. The van der Waals surface area contributed by atoms with Gasteiger partial charge in [-0.2, -0.15) is 0 Å². The molecule has 22 heavy (non-hydrogen) atoms. The summed E-state index contributed by atoms with van der Waals surface area (Å²) in [5.74, 6) is 2.50. The summed E-state index contributed by atoms with van der Waals surface area (Å²) in [6.45, 7) is 1.30. The molecule has 0 aliphatic heterocycles. The molecule has 0 aliphatic rings. The molecule has 1 N–H and O–H groups in total. The fourth-order valence-electron chi connectivity index (χ4n) is 2.42. The minimum absolute atomic E-state index is 0.571. The molecule has 0 bridgehead atoms. The number of imidazole rings is 1. The Morgan fingerprint density at radius 3 is 2.50 bits per heavy atom. The van der Waals surface area contributed by atoms with Crippen molar-refractivity contribution < 1.29 is 9.47 Å². The van der Waals surface area contributed by atoms with Crippen LogP contribution in [0.5, 0.6) is 11.5 Å². The van der Waals surface area contributed by atoms with Crippen molar-refractivity contribution in [3.8, 4) is 11.5 Å². The molecular weight excluding hydrogens is 278 g/mol. The van der Waals surface area contributed by atoms with Gasteiger partial charge in [-0.3, -0.25) is 0 Å². The van der Waals surface area contributed by atoms with Crippen molar-refractivity contribution in [1.29, 1.82) is 0 Å². The Morgan fingerprint density at radius 2 is 1.77 bits per heavy atom. The van der Waals surface area contributed by atoms with E-state index in [-0.39, 0.29) is 0 Å². The zero-order valence-corrected chi connectivity index (χ0v) is 12.7. The van der Waals surface area contributed by atoms with Crippen molar-refractivity contribution >= 4 is 17.0 Å². The maximum atomic E-state index is 5.80. The molecule has 2 aromatic carbocycles. The molecule has 0 atom stereocenters. The summed E-state index contributed by atoms with van der Waals surface area (Å²) in [5.41, 5.74) is 2.08. The summed E-state index contributed by atoms with van der Waals surface area (Å²) in [4.78, 5) is 4.56. The zero-order valence-electron chi connectivity index (χ0n) is 12.7. The molecule has 1 heterocycles. The summed E-state index contributed by atoms with van der Waals surface area (Å²) in [5, 5.41) is 3.13. The number of rotatable bonds is 6. The molecule has 114 valence electrons. The van der Waals surface area contributed by atoms with Gasteiger partial charge in [-0.15, -0.1) is 0 Å². The van der Waals surface area contributed by atoms with Crippen molar-refractivity contribution in [3.05, 3.63) is 48.5 Å². The van der Waals surface area contributed by atoms with Gasteiger partial charge in [0.15, 0.2) is 0 Å². The van der Waals surface area contributed by atoms with Gasteiger partial charge >= 0.3 is 0 Å². The molecule has 3 rings (SSSR count). The first-order chi connectivity index (χ1) is 10.8. The van der Waals surface area contributed by atoms with Crippen LogP contribution in [0.4, 0.5) is 5.95 Å². The Labute approximate surface area is 129 Å². The van der Waals surface area contributed by atoms with Gasteiger partial charge < -0.3 is 19.4 Å². The van der Waals surface area contributed by atoms with E-state index in [4.69, 9.17) is 9.47 Å². The molecule has 0 fully saturated rings. The Bertz CT molecular complexity index is 750. The Morgan fingerprint density at radius 1 is 1.05 bits per heavy atom. The lowest BCUT2D eigenvalue weighted by Crippen LogP contribution is -2.10. The summed E-state index contributed by atoms with van der Waals surface area (Å²) in [6.07, 6.45) is 0. The van der Waals surface area contributed by atoms with Gasteiger partial charge in [0, 0.05) is 7.05 Å². The minimum Gasteiger partial charge on any atom is -0.497 e. The second-order valence-electron chi connectivity index (χ2n) is 4.85. The maximum absolute atomic E-state index is 5.80. The first-order valence-electron chi connectivity index (χ1n) is 7.21. The number of nitrogens with zero attached hydrogens (tertiary/aromatic N) is 2. The van der Waals surface area contributed by atoms with Crippen molar-refractivity contribution in [1.82, 2.24) is 9.55 Å². The molecule has 0 saturated heterocycles. The number of ether oxygens (including phenoxy) is 2. The SMILES string of the molecule is CNc1nc2ccccc2n1CCOc1ccc(OC)cc1. The van der Waals surface area contributed by atoms with Gasteiger partial charge in [-0.1, -0.05) is 12.1 Å². The van der Waals surface area contributed by atoms with Gasteiger partial charge in [0.1, 0.15) is 18.1 Å². The van der Waals surface area contributed by atoms with E-state index in [1.807, 2.05) is 49.5 Å². The number of methoxy groups -OCH3 is 1. The number of anilines is 1. The molecule has 0 spiro atoms. The highest BCUT2D eigenvalue weighted by Crippen LogP contribution is 2.20. The van der Waals surface area contributed by atoms with E-state index in [0.29, 0.717) is 6.61 Å². The predicted molar refractivity (Wildman–Crippen MR) is 87.8 cm³/mol. The van der Waals surface area contributed by atoms with Crippen molar-refractivity contribution in [3.63, 3.8) is 0 Å². The largest absolute Gasteiger partial charge is 0.497 e. The lowest BCUT2D eigenvalue weighted by molar-refractivity contribution is 0.300. The molecule has 0 aliphatic carbocycles. The summed E-state index contributed by atoms with van der Waals surface area (Å²) in [7, 11) is 3.53. The number of hydrogen-bond acceptors (Lipinski definition) is 4. The van der Waals surface area contributed by atoms with Crippen molar-refractivity contribution in [2.75, 3.05) is 26.1 Å². The van der Waals surface area contributed by atoms with Crippen molar-refractivity contribution in [2.45, 2.75) is 6.54 Å². The fourth-order valence-corrected chi connectivity index (χ4v) is 2.42. The second-order valence-corrected chi connectivity index (χ2v) is 4.85. The van der Waals surface area contributed by atoms with Crippen LogP contribution in [0.3, 0.4) is 0 Å². The zero-order chi connectivity index (χ0) is 15.4. The van der Waals surface area contributed by atoms with Gasteiger partial charge in [-0.05, 0) is 36.4 Å². The smallest absolute Gasteiger partial charge is 0.203 e. The standard InChI is InChI=1S/C17H19N3O2/c1-18-17-19-15-5-3-4-6-16(15)20(17)11-12-22-14-9-7-13(21-2)8-10-14/h3-10H,11-12H2,1-2H3,(H,18,19). The summed E-state index contributed by atoms with van der Waals surface area (Å²) in [6, 6.07) is 15.7. The number of nitrogens with one attached hydrogen (secondary N) is 1. The maximum Gasteiger partial charge on any atom is 0.203 e. The van der Waals surface area contributed by atoms with Gasteiger partial charge in [-0.25, -0.2) is 4.98 Å². The number of aromatic nitrogens is 2. The number of fused-ring (bicyclic) bond motifs is 1. The van der Waals surface area contributed by atoms with Crippen LogP contribution >= 0.6 is 0 Å². The van der Waals surface area contributed by atoms with Crippen LogP contribution < -0.4 is 14.8 Å². The lowest BCUT2D eigenvalue weighted by Gasteiger charge is -2.10. The molecule has 5 nitrogen and oxygen atoms in total. The van der Waals surface area contributed by atoms with Crippen LogP contribution in [0.1, 0.15) is 0 Å². The van der Waals surface area contributed by atoms with Crippen LogP contribution in [0.15, 0.2) is 48.5 Å². The van der Waals surface area contributed by atoms with E-state index in [1.54, 1.807) is 7.11 Å². The van der Waals surface area contributed by atoms with Crippen LogP contribution in [0, 0.1) is 0 Å². The van der Waals surface area contributed by atoms with E-state index in [1.165, 1.54) is 0 Å². The van der Waals surface area contributed by atoms with E-state index in [2.05, 4.69) is 20.9 Å². The van der Waals surface area contributed by atoms with Crippen LogP contribution in [-0.2, 0) is 6.54 Å². The molecule has 3 aromatic rings. The Hall–Kier alpha value is -2.69. The first-order valence-corrected chi connectivity index (χ1v) is 7.21. The summed E-state index contributed by atoms with van der Waals surface area (Å²) < 4.78 is 13.1. The van der Waals surface area contributed by atoms with Crippen LogP contribution in [0.2, 0.25) is 0 Å². The fraction of sp³-hybridized carbons (Fsp3) is 0.235. The van der Waals surface area contributed by atoms with E-state index in [0.717, 1.165) is 35.0 Å². The van der Waals surface area contributed by atoms with Crippen LogP contribution in [-0.4, -0.2) is 30.3 Å². The Kier molecular flexibility index (Phi) is 4.14. The van der Waals surface area contributed by atoms with Crippen molar-refractivity contribution in [2.24, 2.45) is 0 Å². The highest BCUT2D eigenvalue weighted by Gasteiger charge is 2.08. The third-order valence-electron chi connectivity index (χ3n) is 3.52. The monoisotopic (exact) mass is 297 g/mol. The first kappa shape index (κ1) is 14.3. The highest BCUT2D eigenvalue weighted by atomic mass is 16.5. The molecule has 0 unspecified atom stereocenters. The minimum atomic E-state index is 0.571. The number of para-hydroxylation sites is 2. The van der Waals surface area contributed by atoms with Gasteiger partial charge in [0.25, 0.3) is 0 Å².